The van der Waals surface area contributed by atoms with Gasteiger partial charge in [0.15, 0.2) is 0 Å². The van der Waals surface area contributed by atoms with Crippen molar-refractivity contribution >= 4 is 26.5 Å². The smallest absolute Gasteiger partial charge is 0.211 e. The highest BCUT2D eigenvalue weighted by molar-refractivity contribution is 7.88. The predicted octanol–water partition coefficient (Wildman–Crippen LogP) is 4.14. The van der Waals surface area contributed by atoms with Crippen LogP contribution in [0.15, 0.2) is 71.8 Å². The maximum absolute atomic E-state index is 12.1. The molecular formula is C25H25N3O3S. The molecular weight excluding hydrogens is 422 g/mol. The average Bonchev–Trinajstić information content (AvgIpc) is 3.25. The molecule has 0 amide bonds. The van der Waals surface area contributed by atoms with Crippen LogP contribution in [0.25, 0.3) is 10.8 Å². The summed E-state index contributed by atoms with van der Waals surface area (Å²) in [4.78, 5) is 0. The van der Waals surface area contributed by atoms with E-state index in [0.29, 0.717) is 25.9 Å². The van der Waals surface area contributed by atoms with Crippen molar-refractivity contribution in [2.45, 2.75) is 31.0 Å². The van der Waals surface area contributed by atoms with E-state index in [0.717, 1.165) is 29.0 Å². The molecule has 1 spiro atoms. The van der Waals surface area contributed by atoms with Gasteiger partial charge in [-0.25, -0.2) is 17.7 Å². The van der Waals surface area contributed by atoms with E-state index in [2.05, 4.69) is 53.5 Å². The lowest BCUT2D eigenvalue weighted by Crippen LogP contribution is -2.59. The van der Waals surface area contributed by atoms with Gasteiger partial charge in [-0.2, -0.15) is 5.10 Å². The molecule has 3 aliphatic rings. The van der Waals surface area contributed by atoms with E-state index in [4.69, 9.17) is 9.84 Å². The molecule has 3 aliphatic heterocycles. The summed E-state index contributed by atoms with van der Waals surface area (Å²) in [7, 11) is -3.22. The normalized spacial score (nSPS) is 22.3. The van der Waals surface area contributed by atoms with Crippen LogP contribution in [-0.2, 0) is 10.0 Å². The highest BCUT2D eigenvalue weighted by Gasteiger charge is 2.52. The number of ether oxygens (including phenoxy) is 1. The van der Waals surface area contributed by atoms with E-state index in [1.807, 2.05) is 18.2 Å². The Kier molecular flexibility index (Phi) is 4.35. The first-order valence-electron chi connectivity index (χ1n) is 11.0. The Morgan fingerprint density at radius 3 is 2.50 bits per heavy atom. The third kappa shape index (κ3) is 3.03. The lowest BCUT2D eigenvalue weighted by molar-refractivity contribution is -0.143. The summed E-state index contributed by atoms with van der Waals surface area (Å²) < 4.78 is 32.3. The summed E-state index contributed by atoms with van der Waals surface area (Å²) in [5.74, 6) is 0.885. The zero-order valence-electron chi connectivity index (χ0n) is 17.9. The van der Waals surface area contributed by atoms with Crippen LogP contribution in [0.2, 0.25) is 0 Å². The Bertz CT molecular complexity index is 1340. The molecule has 3 heterocycles. The van der Waals surface area contributed by atoms with Gasteiger partial charge in [-0.3, -0.25) is 0 Å². The molecule has 1 saturated heterocycles. The topological polar surface area (TPSA) is 62.2 Å². The van der Waals surface area contributed by atoms with Gasteiger partial charge >= 0.3 is 0 Å². The number of rotatable bonds is 2. The molecule has 0 saturated carbocycles. The Balaban J connectivity index is 1.44. The van der Waals surface area contributed by atoms with Gasteiger partial charge in [-0.15, -0.1) is 0 Å². The molecule has 0 unspecified atom stereocenters. The van der Waals surface area contributed by atoms with Crippen molar-refractivity contribution in [2.75, 3.05) is 19.3 Å². The Hall–Kier alpha value is -2.90. The summed E-state index contributed by atoms with van der Waals surface area (Å²) in [6.07, 6.45) is 3.23. The Labute approximate surface area is 188 Å². The van der Waals surface area contributed by atoms with E-state index in [1.54, 1.807) is 4.31 Å². The molecule has 0 N–H and O–H groups in total. The average molecular weight is 448 g/mol. The molecule has 1 atom stereocenters. The molecule has 3 aromatic rings. The number of sulfonamides is 1. The maximum Gasteiger partial charge on any atom is 0.211 e. The largest absolute Gasteiger partial charge is 0.466 e. The van der Waals surface area contributed by atoms with Gasteiger partial charge in [0.05, 0.1) is 18.0 Å². The number of para-hydroxylation sites is 1. The van der Waals surface area contributed by atoms with Crippen molar-refractivity contribution in [2.24, 2.45) is 5.10 Å². The summed E-state index contributed by atoms with van der Waals surface area (Å²) >= 11 is 0. The molecule has 0 radical (unpaired) electrons. The minimum Gasteiger partial charge on any atom is -0.466 e. The van der Waals surface area contributed by atoms with E-state index < -0.39 is 15.7 Å². The van der Waals surface area contributed by atoms with Gasteiger partial charge < -0.3 is 4.74 Å². The number of hydrazone groups is 1. The molecule has 0 aromatic heterocycles. The fourth-order valence-electron chi connectivity index (χ4n) is 5.37. The van der Waals surface area contributed by atoms with Gasteiger partial charge in [0.25, 0.3) is 0 Å². The van der Waals surface area contributed by atoms with Crippen molar-refractivity contribution in [1.82, 2.24) is 9.31 Å². The van der Waals surface area contributed by atoms with Gasteiger partial charge in [0.2, 0.25) is 15.7 Å². The number of piperidine rings is 1. The first-order chi connectivity index (χ1) is 15.4. The van der Waals surface area contributed by atoms with Crippen molar-refractivity contribution < 1.29 is 13.2 Å². The molecule has 3 aromatic carbocycles. The zero-order valence-corrected chi connectivity index (χ0v) is 18.8. The van der Waals surface area contributed by atoms with Crippen LogP contribution < -0.4 is 4.74 Å². The SMILES string of the molecule is CS(=O)(=O)N1CCC2(CC1)Oc1ccccc1[C@H]1CC(c3cccc4ccccc34)=NN12. The summed E-state index contributed by atoms with van der Waals surface area (Å²) in [6.45, 7) is 0.868. The van der Waals surface area contributed by atoms with Gasteiger partial charge in [-0.05, 0) is 16.8 Å². The third-order valence-corrected chi connectivity index (χ3v) is 8.28. The fraction of sp³-hybridized carbons (Fsp3) is 0.320. The first-order valence-corrected chi connectivity index (χ1v) is 12.9. The number of hydrogen-bond acceptors (Lipinski definition) is 5. The van der Waals surface area contributed by atoms with Crippen LogP contribution in [0.4, 0.5) is 0 Å². The number of hydrogen-bond donors (Lipinski definition) is 0. The second-order valence-electron chi connectivity index (χ2n) is 8.89. The van der Waals surface area contributed by atoms with Crippen LogP contribution in [-0.4, -0.2) is 48.5 Å². The standard InChI is InChI=1S/C25H25N3O3S/c1-32(29,30)27-15-13-25(14-16-27)28-23(21-10-4-5-12-24(21)31-25)17-22(26-28)20-11-6-8-18-7-2-3-9-19(18)20/h2-12,23H,13-17H2,1H3/t23-/m1/s1. The summed E-state index contributed by atoms with van der Waals surface area (Å²) in [5.41, 5.74) is 2.71. The van der Waals surface area contributed by atoms with Crippen LogP contribution in [0.3, 0.4) is 0 Å². The molecule has 32 heavy (non-hydrogen) atoms. The molecule has 7 heteroatoms. The van der Waals surface area contributed by atoms with E-state index >= 15 is 0 Å². The van der Waals surface area contributed by atoms with E-state index in [1.165, 1.54) is 17.0 Å². The van der Waals surface area contributed by atoms with Gasteiger partial charge in [0.1, 0.15) is 5.75 Å². The van der Waals surface area contributed by atoms with E-state index in [-0.39, 0.29) is 6.04 Å². The lowest BCUT2D eigenvalue weighted by atomic mass is 9.90. The molecule has 1 fully saturated rings. The fourth-order valence-corrected chi connectivity index (χ4v) is 6.21. The second kappa shape index (κ2) is 7.05. The third-order valence-electron chi connectivity index (χ3n) is 6.98. The van der Waals surface area contributed by atoms with Crippen molar-refractivity contribution in [3.8, 4) is 5.75 Å². The van der Waals surface area contributed by atoms with Crippen molar-refractivity contribution in [1.29, 1.82) is 0 Å². The number of benzene rings is 3. The minimum absolute atomic E-state index is 0.0821. The Morgan fingerprint density at radius 1 is 0.969 bits per heavy atom. The zero-order chi connectivity index (χ0) is 21.9. The molecule has 0 aliphatic carbocycles. The minimum atomic E-state index is -3.22. The number of nitrogens with zero attached hydrogens (tertiary/aromatic N) is 3. The summed E-state index contributed by atoms with van der Waals surface area (Å²) in [6, 6.07) is 23.0. The van der Waals surface area contributed by atoms with Crippen LogP contribution in [0, 0.1) is 0 Å². The molecule has 6 nitrogen and oxygen atoms in total. The van der Waals surface area contributed by atoms with E-state index in [9.17, 15) is 8.42 Å². The van der Waals surface area contributed by atoms with Crippen LogP contribution >= 0.6 is 0 Å². The van der Waals surface area contributed by atoms with Crippen LogP contribution in [0.5, 0.6) is 5.75 Å². The molecule has 6 rings (SSSR count). The second-order valence-corrected chi connectivity index (χ2v) is 10.9. The van der Waals surface area contributed by atoms with Crippen molar-refractivity contribution in [3.63, 3.8) is 0 Å². The highest BCUT2D eigenvalue weighted by atomic mass is 32.2. The number of fused-ring (bicyclic) bond motifs is 5. The first kappa shape index (κ1) is 19.8. The quantitative estimate of drug-likeness (QED) is 0.593. The molecule has 164 valence electrons. The monoisotopic (exact) mass is 447 g/mol. The van der Waals surface area contributed by atoms with Gasteiger partial charge in [0, 0.05) is 43.5 Å². The maximum atomic E-state index is 12.1. The van der Waals surface area contributed by atoms with Gasteiger partial charge in [-0.1, -0.05) is 60.7 Å². The predicted molar refractivity (Wildman–Crippen MR) is 125 cm³/mol. The summed E-state index contributed by atoms with van der Waals surface area (Å²) in [5, 5.41) is 9.68. The highest BCUT2D eigenvalue weighted by Crippen LogP contribution is 2.50. The molecule has 0 bridgehead atoms. The van der Waals surface area contributed by atoms with Crippen LogP contribution in [0.1, 0.15) is 36.4 Å². The Morgan fingerprint density at radius 2 is 1.69 bits per heavy atom. The van der Waals surface area contributed by atoms with Crippen molar-refractivity contribution in [3.05, 3.63) is 77.9 Å². The lowest BCUT2D eigenvalue weighted by Gasteiger charge is -2.50.